The highest BCUT2D eigenvalue weighted by Gasteiger charge is 2.27. The molecule has 2 fully saturated rings. The van der Waals surface area contributed by atoms with Crippen LogP contribution in [-0.2, 0) is 10.0 Å². The molecule has 4 rings (SSSR count). The average Bonchev–Trinajstić information content (AvgIpc) is 3.31. The summed E-state index contributed by atoms with van der Waals surface area (Å²) in [6, 6.07) is 8.47. The Morgan fingerprint density at radius 3 is 2.42 bits per heavy atom. The van der Waals surface area contributed by atoms with Crippen LogP contribution in [-0.4, -0.2) is 38.1 Å². The molecule has 2 aromatic rings. The number of methoxy groups -OCH3 is 1. The van der Waals surface area contributed by atoms with Crippen LogP contribution in [0.2, 0.25) is 0 Å². The Hall–Kier alpha value is -2.45. The maximum absolute atomic E-state index is 13.5. The van der Waals surface area contributed by atoms with E-state index in [1.807, 2.05) is 19.1 Å². The van der Waals surface area contributed by atoms with Crippen LogP contribution in [0.15, 0.2) is 46.4 Å². The number of nitrogens with zero attached hydrogens (tertiary/aromatic N) is 2. The van der Waals surface area contributed by atoms with Gasteiger partial charge in [0.1, 0.15) is 16.1 Å². The van der Waals surface area contributed by atoms with Crippen molar-refractivity contribution in [2.75, 3.05) is 7.11 Å². The van der Waals surface area contributed by atoms with Gasteiger partial charge in [0.15, 0.2) is 0 Å². The van der Waals surface area contributed by atoms with Crippen LogP contribution in [0.5, 0.6) is 5.75 Å². The van der Waals surface area contributed by atoms with Gasteiger partial charge >= 0.3 is 0 Å². The Morgan fingerprint density at radius 2 is 1.73 bits per heavy atom. The normalized spacial score (nSPS) is 18.5. The van der Waals surface area contributed by atoms with Gasteiger partial charge in [-0.3, -0.25) is 14.4 Å². The van der Waals surface area contributed by atoms with Crippen molar-refractivity contribution in [3.8, 4) is 5.75 Å². The van der Waals surface area contributed by atoms with Gasteiger partial charge in [0.2, 0.25) is 10.0 Å². The standard InChI is InChI=1S/C25H33N3O4S/c1-18-14-15-28(24(16-18)26-20-8-4-3-5-9-20)25(29)19-12-13-22(32-2)23(17-19)33(30,31)27-21-10-6-7-11-21/h12-17,20-21,27H,3-11H2,1-2H3. The van der Waals surface area contributed by atoms with Crippen LogP contribution >= 0.6 is 0 Å². The van der Waals surface area contributed by atoms with E-state index in [9.17, 15) is 13.2 Å². The van der Waals surface area contributed by atoms with Crippen molar-refractivity contribution in [3.63, 3.8) is 0 Å². The van der Waals surface area contributed by atoms with Crippen LogP contribution in [0.3, 0.4) is 0 Å². The number of aryl methyl sites for hydroxylation is 1. The Balaban J connectivity index is 1.71. The molecular weight excluding hydrogens is 438 g/mol. The molecule has 0 radical (unpaired) electrons. The molecule has 1 heterocycles. The van der Waals surface area contributed by atoms with Gasteiger partial charge in [-0.25, -0.2) is 13.1 Å². The second-order valence-corrected chi connectivity index (χ2v) is 10.8. The third kappa shape index (κ3) is 5.55. The van der Waals surface area contributed by atoms with Crippen molar-refractivity contribution < 1.29 is 17.9 Å². The van der Waals surface area contributed by atoms with E-state index in [2.05, 4.69) is 4.72 Å². The quantitative estimate of drug-likeness (QED) is 0.691. The number of hydrogen-bond acceptors (Lipinski definition) is 5. The summed E-state index contributed by atoms with van der Waals surface area (Å²) in [6.07, 6.45) is 11.0. The lowest BCUT2D eigenvalue weighted by molar-refractivity contribution is 0.0954. The lowest BCUT2D eigenvalue weighted by Gasteiger charge is -2.18. The molecule has 0 unspecified atom stereocenters. The van der Waals surface area contributed by atoms with Gasteiger partial charge < -0.3 is 4.74 Å². The molecule has 1 aromatic heterocycles. The molecule has 178 valence electrons. The molecule has 0 atom stereocenters. The van der Waals surface area contributed by atoms with Gasteiger partial charge in [-0.15, -0.1) is 0 Å². The topological polar surface area (TPSA) is 89.8 Å². The number of hydrogen-bond donors (Lipinski definition) is 1. The van der Waals surface area contributed by atoms with Crippen molar-refractivity contribution in [1.29, 1.82) is 0 Å². The highest BCUT2D eigenvalue weighted by atomic mass is 32.2. The number of ether oxygens (including phenoxy) is 1. The smallest absolute Gasteiger partial charge is 0.263 e. The third-order valence-corrected chi connectivity index (χ3v) is 8.12. The fourth-order valence-corrected chi connectivity index (χ4v) is 6.24. The number of carbonyl (C=O) groups excluding carboxylic acids is 1. The summed E-state index contributed by atoms with van der Waals surface area (Å²) in [5.41, 5.74) is 1.90. The van der Waals surface area contributed by atoms with Crippen molar-refractivity contribution in [2.45, 2.75) is 81.7 Å². The van der Waals surface area contributed by atoms with Crippen LogP contribution in [0.25, 0.3) is 0 Å². The summed E-state index contributed by atoms with van der Waals surface area (Å²) in [5, 5.41) is 0. The average molecular weight is 472 g/mol. The van der Waals surface area contributed by atoms with Crippen LogP contribution in [0.1, 0.15) is 73.7 Å². The summed E-state index contributed by atoms with van der Waals surface area (Å²) in [7, 11) is -2.39. The molecule has 0 amide bonds. The second-order valence-electron chi connectivity index (χ2n) is 9.13. The van der Waals surface area contributed by atoms with Crippen LogP contribution < -0.4 is 14.9 Å². The molecular formula is C25H33N3O4S. The summed E-state index contributed by atoms with van der Waals surface area (Å²) >= 11 is 0. The predicted molar refractivity (Wildman–Crippen MR) is 127 cm³/mol. The molecule has 0 bridgehead atoms. The number of rotatable bonds is 6. The first-order chi connectivity index (χ1) is 15.9. The zero-order valence-corrected chi connectivity index (χ0v) is 20.2. The van der Waals surface area contributed by atoms with Crippen LogP contribution in [0.4, 0.5) is 0 Å². The van der Waals surface area contributed by atoms with Gasteiger partial charge in [0, 0.05) is 17.8 Å². The Bertz CT molecular complexity index is 1170. The number of pyridine rings is 1. The van der Waals surface area contributed by atoms with E-state index >= 15 is 0 Å². The minimum absolute atomic E-state index is 0.0127. The Morgan fingerprint density at radius 1 is 1.03 bits per heavy atom. The molecule has 33 heavy (non-hydrogen) atoms. The monoisotopic (exact) mass is 471 g/mol. The van der Waals surface area contributed by atoms with Crippen molar-refractivity contribution in [2.24, 2.45) is 4.99 Å². The van der Waals surface area contributed by atoms with Crippen molar-refractivity contribution in [3.05, 3.63) is 53.1 Å². The molecule has 2 aliphatic carbocycles. The van der Waals surface area contributed by atoms with E-state index in [-0.39, 0.29) is 34.2 Å². The van der Waals surface area contributed by atoms with E-state index in [1.165, 1.54) is 24.2 Å². The summed E-state index contributed by atoms with van der Waals surface area (Å²) in [4.78, 5) is 18.4. The lowest BCUT2D eigenvalue weighted by Crippen LogP contribution is -2.33. The third-order valence-electron chi connectivity index (χ3n) is 6.58. The maximum atomic E-state index is 13.5. The predicted octanol–water partition coefficient (Wildman–Crippen LogP) is 3.95. The molecule has 2 aliphatic rings. The first kappa shape index (κ1) is 23.7. The van der Waals surface area contributed by atoms with Crippen LogP contribution in [0, 0.1) is 6.92 Å². The van der Waals surface area contributed by atoms with E-state index in [1.54, 1.807) is 18.3 Å². The minimum Gasteiger partial charge on any atom is -0.495 e. The lowest BCUT2D eigenvalue weighted by atomic mass is 9.96. The summed E-state index contributed by atoms with van der Waals surface area (Å²) in [5.74, 6) is -0.0948. The second kappa shape index (κ2) is 10.2. The van der Waals surface area contributed by atoms with E-state index in [0.29, 0.717) is 5.49 Å². The van der Waals surface area contributed by atoms with E-state index in [0.717, 1.165) is 56.9 Å². The molecule has 8 heteroatoms. The summed E-state index contributed by atoms with van der Waals surface area (Å²) in [6.45, 7) is 1.97. The Labute approximate surface area is 195 Å². The largest absolute Gasteiger partial charge is 0.495 e. The number of carbonyl (C=O) groups is 1. The first-order valence-electron chi connectivity index (χ1n) is 11.9. The molecule has 0 saturated heterocycles. The highest BCUT2D eigenvalue weighted by Crippen LogP contribution is 2.27. The number of sulfonamides is 1. The minimum atomic E-state index is -3.82. The highest BCUT2D eigenvalue weighted by molar-refractivity contribution is 7.89. The molecule has 1 N–H and O–H groups in total. The van der Waals surface area contributed by atoms with Gasteiger partial charge in [-0.2, -0.15) is 0 Å². The van der Waals surface area contributed by atoms with E-state index < -0.39 is 10.0 Å². The Kier molecular flexibility index (Phi) is 7.34. The number of nitrogens with one attached hydrogen (secondary N) is 1. The molecule has 7 nitrogen and oxygen atoms in total. The fraction of sp³-hybridized carbons (Fsp3) is 0.520. The molecule has 1 aromatic carbocycles. The fourth-order valence-electron chi connectivity index (χ4n) is 4.74. The van der Waals surface area contributed by atoms with Gasteiger partial charge in [-0.05, 0) is 68.5 Å². The van der Waals surface area contributed by atoms with Gasteiger partial charge in [0.25, 0.3) is 5.91 Å². The molecule has 2 saturated carbocycles. The van der Waals surface area contributed by atoms with Crippen molar-refractivity contribution in [1.82, 2.24) is 9.29 Å². The SMILES string of the molecule is COc1ccc(C(=O)n2ccc(C)cc2=NC2CCCCC2)cc1S(=O)(=O)NC1CCCC1. The van der Waals surface area contributed by atoms with Gasteiger partial charge in [0.05, 0.1) is 13.2 Å². The number of benzene rings is 1. The first-order valence-corrected chi connectivity index (χ1v) is 13.3. The number of aromatic nitrogens is 1. The molecule has 0 spiro atoms. The van der Waals surface area contributed by atoms with E-state index in [4.69, 9.17) is 9.73 Å². The maximum Gasteiger partial charge on any atom is 0.263 e. The molecule has 0 aliphatic heterocycles. The van der Waals surface area contributed by atoms with Crippen molar-refractivity contribution >= 4 is 15.9 Å². The summed E-state index contributed by atoms with van der Waals surface area (Å²) < 4.78 is 35.9. The van der Waals surface area contributed by atoms with Gasteiger partial charge in [-0.1, -0.05) is 32.1 Å². The zero-order chi connectivity index (χ0) is 23.4. The zero-order valence-electron chi connectivity index (χ0n) is 19.4.